The third-order valence-corrected chi connectivity index (χ3v) is 2.49. The van der Waals surface area contributed by atoms with E-state index < -0.39 is 5.97 Å². The van der Waals surface area contributed by atoms with Gasteiger partial charge in [-0.2, -0.15) is 5.26 Å². The number of carbonyl (C=O) groups excluding carboxylic acids is 1. The van der Waals surface area contributed by atoms with E-state index in [1.54, 1.807) is 24.3 Å². The molecular formula is C15H17NO4. The molecule has 5 heteroatoms. The predicted octanol–water partition coefficient (Wildman–Crippen LogP) is 2.43. The van der Waals surface area contributed by atoms with Gasteiger partial charge in [-0.3, -0.25) is 0 Å². The number of esters is 1. The average Bonchev–Trinajstić information content (AvgIpc) is 2.47. The van der Waals surface area contributed by atoms with Crippen LogP contribution in [0.25, 0.3) is 6.08 Å². The topological polar surface area (TPSA) is 68.5 Å². The summed E-state index contributed by atoms with van der Waals surface area (Å²) in [5, 5.41) is 8.97. The molecule has 5 nitrogen and oxygen atoms in total. The minimum atomic E-state index is -0.478. The van der Waals surface area contributed by atoms with E-state index in [1.807, 2.05) is 13.0 Å². The Morgan fingerprint density at radius 2 is 2.15 bits per heavy atom. The van der Waals surface area contributed by atoms with Gasteiger partial charge in [-0.15, -0.1) is 0 Å². The van der Waals surface area contributed by atoms with Gasteiger partial charge < -0.3 is 14.2 Å². The van der Waals surface area contributed by atoms with Gasteiger partial charge in [0.2, 0.25) is 0 Å². The Morgan fingerprint density at radius 1 is 1.40 bits per heavy atom. The highest BCUT2D eigenvalue weighted by Crippen LogP contribution is 2.22. The fraction of sp³-hybridized carbons (Fsp3) is 0.333. The van der Waals surface area contributed by atoms with Crippen molar-refractivity contribution in [2.75, 3.05) is 27.4 Å². The first-order valence-electron chi connectivity index (χ1n) is 6.11. The van der Waals surface area contributed by atoms with Crippen LogP contribution in [-0.2, 0) is 9.47 Å². The molecule has 0 aromatic heterocycles. The van der Waals surface area contributed by atoms with E-state index in [1.165, 1.54) is 14.2 Å². The van der Waals surface area contributed by atoms with Gasteiger partial charge in [0.15, 0.2) is 0 Å². The van der Waals surface area contributed by atoms with Gasteiger partial charge in [0, 0.05) is 7.11 Å². The number of ether oxygens (including phenoxy) is 3. The number of hydrogen-bond acceptors (Lipinski definition) is 5. The Bertz CT molecular complexity index is 543. The Labute approximate surface area is 118 Å². The highest BCUT2D eigenvalue weighted by molar-refractivity contribution is 5.93. The lowest BCUT2D eigenvalue weighted by atomic mass is 10.1. The molecule has 0 radical (unpaired) electrons. The molecule has 20 heavy (non-hydrogen) atoms. The Kier molecular flexibility index (Phi) is 6.27. The molecule has 0 amide bonds. The summed E-state index contributed by atoms with van der Waals surface area (Å²) in [6.45, 7) is 2.50. The third-order valence-electron chi connectivity index (χ3n) is 2.49. The maximum atomic E-state index is 11.7. The van der Waals surface area contributed by atoms with Crippen LogP contribution in [0.15, 0.2) is 23.8 Å². The lowest BCUT2D eigenvalue weighted by Gasteiger charge is -2.09. The van der Waals surface area contributed by atoms with Crippen LogP contribution in [0.4, 0.5) is 0 Å². The second kappa shape index (κ2) is 7.97. The van der Waals surface area contributed by atoms with E-state index >= 15 is 0 Å². The fourth-order valence-corrected chi connectivity index (χ4v) is 1.65. The van der Waals surface area contributed by atoms with E-state index in [-0.39, 0.29) is 6.61 Å². The van der Waals surface area contributed by atoms with Crippen molar-refractivity contribution in [3.05, 3.63) is 34.9 Å². The summed E-state index contributed by atoms with van der Waals surface area (Å²) in [7, 11) is 2.83. The lowest BCUT2D eigenvalue weighted by Crippen LogP contribution is -2.06. The molecule has 1 aromatic carbocycles. The molecule has 1 aromatic rings. The number of methoxy groups -OCH3 is 2. The maximum Gasteiger partial charge on any atom is 0.341 e. The summed E-state index contributed by atoms with van der Waals surface area (Å²) in [5.74, 6) is -0.0179. The molecule has 0 N–H and O–H groups in total. The molecular weight excluding hydrogens is 258 g/mol. The van der Waals surface area contributed by atoms with Gasteiger partial charge >= 0.3 is 5.97 Å². The Morgan fingerprint density at radius 3 is 2.70 bits per heavy atom. The molecule has 0 saturated heterocycles. The minimum absolute atomic E-state index is 0.220. The van der Waals surface area contributed by atoms with Crippen molar-refractivity contribution in [1.29, 1.82) is 5.26 Å². The van der Waals surface area contributed by atoms with Crippen LogP contribution in [0.3, 0.4) is 0 Å². The quantitative estimate of drug-likeness (QED) is 0.589. The van der Waals surface area contributed by atoms with Crippen molar-refractivity contribution >= 4 is 12.0 Å². The van der Waals surface area contributed by atoms with Crippen LogP contribution in [0.5, 0.6) is 5.75 Å². The summed E-state index contributed by atoms with van der Waals surface area (Å²) >= 11 is 0. The second-order valence-electron chi connectivity index (χ2n) is 3.89. The molecule has 0 bridgehead atoms. The zero-order chi connectivity index (χ0) is 15.0. The number of benzene rings is 1. The van der Waals surface area contributed by atoms with Crippen molar-refractivity contribution in [2.24, 2.45) is 0 Å². The zero-order valence-corrected chi connectivity index (χ0v) is 11.8. The molecule has 0 aliphatic heterocycles. The maximum absolute atomic E-state index is 11.7. The van der Waals surface area contributed by atoms with E-state index in [9.17, 15) is 4.79 Å². The molecule has 0 saturated carbocycles. The summed E-state index contributed by atoms with van der Waals surface area (Å²) in [4.78, 5) is 11.7. The van der Waals surface area contributed by atoms with Gasteiger partial charge in [0.05, 0.1) is 32.0 Å². The third kappa shape index (κ3) is 4.11. The van der Waals surface area contributed by atoms with Crippen LogP contribution >= 0.6 is 0 Å². The SMILES string of the molecule is CCOc1ccc(C=C(C#N)COC)cc1C(=O)OC. The summed E-state index contributed by atoms with van der Waals surface area (Å²) in [6, 6.07) is 7.12. The number of hydrogen-bond donors (Lipinski definition) is 0. The standard InChI is InChI=1S/C15H17NO4/c1-4-20-14-6-5-11(7-12(9-16)10-18-2)8-13(14)15(17)19-3/h5-8H,4,10H2,1-3H3. The minimum Gasteiger partial charge on any atom is -0.493 e. The number of rotatable bonds is 6. The number of carbonyl (C=O) groups is 1. The highest BCUT2D eigenvalue weighted by Gasteiger charge is 2.13. The van der Waals surface area contributed by atoms with Gasteiger partial charge in [0.25, 0.3) is 0 Å². The largest absolute Gasteiger partial charge is 0.493 e. The van der Waals surface area contributed by atoms with Crippen LogP contribution in [0, 0.1) is 11.3 Å². The van der Waals surface area contributed by atoms with Gasteiger partial charge in [-0.1, -0.05) is 6.07 Å². The molecule has 0 fully saturated rings. The Hall–Kier alpha value is -2.32. The van der Waals surface area contributed by atoms with Gasteiger partial charge in [-0.25, -0.2) is 4.79 Å². The molecule has 106 valence electrons. The summed E-state index contributed by atoms with van der Waals surface area (Å²) < 4.78 is 15.0. The van der Waals surface area contributed by atoms with Gasteiger partial charge in [0.1, 0.15) is 11.3 Å². The normalized spacial score (nSPS) is 10.8. The van der Waals surface area contributed by atoms with Crippen LogP contribution in [-0.4, -0.2) is 33.4 Å². The molecule has 0 unspecified atom stereocenters. The highest BCUT2D eigenvalue weighted by atomic mass is 16.5. The van der Waals surface area contributed by atoms with Crippen molar-refractivity contribution in [1.82, 2.24) is 0 Å². The first kappa shape index (κ1) is 15.7. The average molecular weight is 275 g/mol. The van der Waals surface area contributed by atoms with Crippen molar-refractivity contribution in [3.63, 3.8) is 0 Å². The van der Waals surface area contributed by atoms with E-state index in [2.05, 4.69) is 0 Å². The lowest BCUT2D eigenvalue weighted by molar-refractivity contribution is 0.0596. The van der Waals surface area contributed by atoms with Crippen LogP contribution in [0.1, 0.15) is 22.8 Å². The monoisotopic (exact) mass is 275 g/mol. The summed E-state index contributed by atoms with van der Waals surface area (Å²) in [6.07, 6.45) is 1.66. The van der Waals surface area contributed by atoms with E-state index in [0.29, 0.717) is 29.1 Å². The molecule has 0 aliphatic rings. The first-order valence-corrected chi connectivity index (χ1v) is 6.11. The van der Waals surface area contributed by atoms with Crippen LogP contribution < -0.4 is 4.74 Å². The van der Waals surface area contributed by atoms with Gasteiger partial charge in [-0.05, 0) is 30.7 Å². The zero-order valence-electron chi connectivity index (χ0n) is 11.8. The molecule has 0 atom stereocenters. The fourth-order valence-electron chi connectivity index (χ4n) is 1.65. The smallest absolute Gasteiger partial charge is 0.341 e. The molecule has 0 heterocycles. The van der Waals surface area contributed by atoms with Crippen molar-refractivity contribution < 1.29 is 19.0 Å². The predicted molar refractivity (Wildman–Crippen MR) is 74.4 cm³/mol. The molecule has 0 spiro atoms. The Balaban J connectivity index is 3.18. The molecule has 1 rings (SSSR count). The summed E-state index contributed by atoms with van der Waals surface area (Å²) in [5.41, 5.74) is 1.51. The van der Waals surface area contributed by atoms with E-state index in [0.717, 1.165) is 0 Å². The van der Waals surface area contributed by atoms with Crippen LogP contribution in [0.2, 0.25) is 0 Å². The molecule has 0 aliphatic carbocycles. The van der Waals surface area contributed by atoms with E-state index in [4.69, 9.17) is 19.5 Å². The van der Waals surface area contributed by atoms with Crippen molar-refractivity contribution in [2.45, 2.75) is 6.92 Å². The second-order valence-corrected chi connectivity index (χ2v) is 3.89. The number of nitrogens with zero attached hydrogens (tertiary/aromatic N) is 1. The first-order chi connectivity index (χ1) is 9.65. The number of nitriles is 1. The van der Waals surface area contributed by atoms with Crippen molar-refractivity contribution in [3.8, 4) is 11.8 Å².